The zero-order valence-corrected chi connectivity index (χ0v) is 12.6. The molecule has 0 fully saturated rings. The predicted octanol–water partition coefficient (Wildman–Crippen LogP) is 3.41. The second-order valence-corrected chi connectivity index (χ2v) is 4.96. The van der Waals surface area contributed by atoms with Crippen molar-refractivity contribution in [3.63, 3.8) is 0 Å². The molecule has 0 unspecified atom stereocenters. The molecule has 0 saturated heterocycles. The number of hydrogen-bond donors (Lipinski definition) is 1. The maximum absolute atomic E-state index is 12.0. The predicted molar refractivity (Wildman–Crippen MR) is 73.5 cm³/mol. The van der Waals surface area contributed by atoms with E-state index in [1.807, 2.05) is 6.92 Å². The third-order valence-corrected chi connectivity index (χ3v) is 3.18. The van der Waals surface area contributed by atoms with Crippen LogP contribution in [0.2, 0.25) is 0 Å². The third kappa shape index (κ3) is 2.78. The molecule has 0 aromatic carbocycles. The summed E-state index contributed by atoms with van der Waals surface area (Å²) in [6.07, 6.45) is 3.66. The van der Waals surface area contributed by atoms with Gasteiger partial charge in [0.2, 0.25) is 0 Å². The summed E-state index contributed by atoms with van der Waals surface area (Å²) < 4.78 is 6.26. The number of nitrogens with one attached hydrogen (secondary N) is 1. The van der Waals surface area contributed by atoms with Crippen LogP contribution in [-0.2, 0) is 6.42 Å². The average Bonchev–Trinajstić information content (AvgIpc) is 2.81. The molecule has 5 nitrogen and oxygen atoms in total. The lowest BCUT2D eigenvalue weighted by molar-refractivity contribution is 0.102. The van der Waals surface area contributed by atoms with Gasteiger partial charge >= 0.3 is 0 Å². The van der Waals surface area contributed by atoms with Crippen molar-refractivity contribution in [2.24, 2.45) is 0 Å². The molecule has 94 valence electrons. The molecule has 0 aliphatic heterocycles. The molecule has 1 amide bonds. The minimum absolute atomic E-state index is 0.266. The van der Waals surface area contributed by atoms with Gasteiger partial charge in [-0.25, -0.2) is 9.97 Å². The Balaban J connectivity index is 2.21. The van der Waals surface area contributed by atoms with Crippen LogP contribution in [0.25, 0.3) is 0 Å². The maximum atomic E-state index is 12.0. The fourth-order valence-corrected chi connectivity index (χ4v) is 2.33. The van der Waals surface area contributed by atoms with Gasteiger partial charge in [0.05, 0.1) is 18.0 Å². The van der Waals surface area contributed by atoms with E-state index in [0.717, 1.165) is 0 Å². The quantitative estimate of drug-likeness (QED) is 0.893. The highest BCUT2D eigenvalue weighted by molar-refractivity contribution is 9.11. The second-order valence-electron chi connectivity index (χ2n) is 3.40. The standard InChI is InChI=1S/C11H9Br2N3O2/c1-2-7-6(3-4-18-7)11(17)16-10-9(13)15-8(12)5-14-10/h3-5H,2H2,1H3,(H,14,16,17). The van der Waals surface area contributed by atoms with Gasteiger partial charge in [-0.1, -0.05) is 6.92 Å². The van der Waals surface area contributed by atoms with Gasteiger partial charge in [0, 0.05) is 6.42 Å². The molecule has 2 rings (SSSR count). The van der Waals surface area contributed by atoms with Crippen LogP contribution in [0.1, 0.15) is 23.0 Å². The number of hydrogen-bond acceptors (Lipinski definition) is 4. The van der Waals surface area contributed by atoms with E-state index < -0.39 is 0 Å². The van der Waals surface area contributed by atoms with E-state index in [1.54, 1.807) is 6.07 Å². The van der Waals surface area contributed by atoms with Crippen molar-refractivity contribution >= 4 is 43.6 Å². The Kier molecular flexibility index (Phi) is 4.13. The van der Waals surface area contributed by atoms with Crippen molar-refractivity contribution in [1.29, 1.82) is 0 Å². The number of anilines is 1. The van der Waals surface area contributed by atoms with Crippen molar-refractivity contribution in [2.75, 3.05) is 5.32 Å². The maximum Gasteiger partial charge on any atom is 0.260 e. The number of aromatic nitrogens is 2. The SMILES string of the molecule is CCc1occc1C(=O)Nc1ncc(Br)nc1Br. The fourth-order valence-electron chi connectivity index (χ4n) is 1.42. The minimum atomic E-state index is -0.266. The lowest BCUT2D eigenvalue weighted by atomic mass is 10.2. The number of rotatable bonds is 3. The molecule has 0 aliphatic carbocycles. The fraction of sp³-hybridized carbons (Fsp3) is 0.182. The first-order valence-electron chi connectivity index (χ1n) is 5.17. The molecule has 0 radical (unpaired) electrons. The van der Waals surface area contributed by atoms with Crippen LogP contribution in [0, 0.1) is 0 Å². The molecule has 7 heteroatoms. The molecule has 0 aliphatic rings. The van der Waals surface area contributed by atoms with Gasteiger partial charge in [-0.15, -0.1) is 0 Å². The van der Waals surface area contributed by atoms with Crippen molar-refractivity contribution in [3.8, 4) is 0 Å². The number of aryl methyl sites for hydroxylation is 1. The molecular weight excluding hydrogens is 366 g/mol. The number of amides is 1. The highest BCUT2D eigenvalue weighted by Gasteiger charge is 2.15. The van der Waals surface area contributed by atoms with Crippen molar-refractivity contribution < 1.29 is 9.21 Å². The molecule has 0 atom stereocenters. The Morgan fingerprint density at radius 3 is 2.94 bits per heavy atom. The molecule has 2 heterocycles. The Bertz CT molecular complexity index is 583. The number of nitrogens with zero attached hydrogens (tertiary/aromatic N) is 2. The summed E-state index contributed by atoms with van der Waals surface area (Å²) in [7, 11) is 0. The van der Waals surface area contributed by atoms with Crippen LogP contribution in [0.5, 0.6) is 0 Å². The van der Waals surface area contributed by atoms with Gasteiger partial charge in [0.1, 0.15) is 15.0 Å². The van der Waals surface area contributed by atoms with Crippen molar-refractivity contribution in [3.05, 3.63) is 39.1 Å². The normalized spacial score (nSPS) is 10.4. The molecule has 18 heavy (non-hydrogen) atoms. The van der Waals surface area contributed by atoms with Crippen LogP contribution in [-0.4, -0.2) is 15.9 Å². The molecule has 2 aromatic rings. The van der Waals surface area contributed by atoms with Gasteiger partial charge in [-0.2, -0.15) is 0 Å². The zero-order chi connectivity index (χ0) is 13.1. The monoisotopic (exact) mass is 373 g/mol. The molecular formula is C11H9Br2N3O2. The van der Waals surface area contributed by atoms with Crippen LogP contribution < -0.4 is 5.32 Å². The summed E-state index contributed by atoms with van der Waals surface area (Å²) in [6.45, 7) is 1.92. The van der Waals surface area contributed by atoms with Gasteiger partial charge in [-0.3, -0.25) is 4.79 Å². The number of furan rings is 1. The highest BCUT2D eigenvalue weighted by Crippen LogP contribution is 2.21. The van der Waals surface area contributed by atoms with Crippen LogP contribution in [0.15, 0.2) is 32.1 Å². The van der Waals surface area contributed by atoms with Gasteiger partial charge < -0.3 is 9.73 Å². The summed E-state index contributed by atoms with van der Waals surface area (Å²) in [5.41, 5.74) is 0.508. The van der Waals surface area contributed by atoms with Gasteiger partial charge in [-0.05, 0) is 37.9 Å². The van der Waals surface area contributed by atoms with Crippen molar-refractivity contribution in [2.45, 2.75) is 13.3 Å². The molecule has 0 saturated carbocycles. The van der Waals surface area contributed by atoms with Gasteiger partial charge in [0.15, 0.2) is 5.82 Å². The van der Waals surface area contributed by atoms with E-state index in [0.29, 0.717) is 32.8 Å². The molecule has 0 spiro atoms. The largest absolute Gasteiger partial charge is 0.469 e. The first-order valence-corrected chi connectivity index (χ1v) is 6.76. The van der Waals surface area contributed by atoms with E-state index in [9.17, 15) is 4.79 Å². The van der Waals surface area contributed by atoms with E-state index >= 15 is 0 Å². The molecule has 0 bridgehead atoms. The van der Waals surface area contributed by atoms with E-state index in [-0.39, 0.29) is 5.91 Å². The van der Waals surface area contributed by atoms with E-state index in [4.69, 9.17) is 4.42 Å². The van der Waals surface area contributed by atoms with E-state index in [2.05, 4.69) is 47.1 Å². The number of halogens is 2. The lowest BCUT2D eigenvalue weighted by Crippen LogP contribution is -2.14. The summed E-state index contributed by atoms with van der Waals surface area (Å²) in [5.74, 6) is 0.748. The van der Waals surface area contributed by atoms with Crippen LogP contribution >= 0.6 is 31.9 Å². The summed E-state index contributed by atoms with van der Waals surface area (Å²) in [5, 5.41) is 2.67. The topological polar surface area (TPSA) is 68.0 Å². The second kappa shape index (κ2) is 5.62. The summed E-state index contributed by atoms with van der Waals surface area (Å²) in [6, 6.07) is 1.63. The number of carbonyl (C=O) groups is 1. The van der Waals surface area contributed by atoms with Crippen LogP contribution in [0.3, 0.4) is 0 Å². The van der Waals surface area contributed by atoms with E-state index in [1.165, 1.54) is 12.5 Å². The number of carbonyl (C=O) groups excluding carboxylic acids is 1. The summed E-state index contributed by atoms with van der Waals surface area (Å²) >= 11 is 6.43. The minimum Gasteiger partial charge on any atom is -0.469 e. The van der Waals surface area contributed by atoms with Gasteiger partial charge in [0.25, 0.3) is 5.91 Å². The Morgan fingerprint density at radius 2 is 2.28 bits per heavy atom. The molecule has 1 N–H and O–H groups in total. The Morgan fingerprint density at radius 1 is 1.50 bits per heavy atom. The summed E-state index contributed by atoms with van der Waals surface area (Å²) in [4.78, 5) is 20.2. The average molecular weight is 375 g/mol. The van der Waals surface area contributed by atoms with Crippen LogP contribution in [0.4, 0.5) is 5.82 Å². The first kappa shape index (κ1) is 13.2. The third-order valence-electron chi connectivity index (χ3n) is 2.24. The smallest absolute Gasteiger partial charge is 0.260 e. The van der Waals surface area contributed by atoms with Crippen molar-refractivity contribution in [1.82, 2.24) is 9.97 Å². The first-order chi connectivity index (χ1) is 8.61. The Labute approximate surface area is 120 Å². The lowest BCUT2D eigenvalue weighted by Gasteiger charge is -2.05. The highest BCUT2D eigenvalue weighted by atomic mass is 79.9. The Hall–Kier alpha value is -1.21. The zero-order valence-electron chi connectivity index (χ0n) is 9.41. The molecule has 2 aromatic heterocycles.